The molecule has 0 spiro atoms. The summed E-state index contributed by atoms with van der Waals surface area (Å²) >= 11 is 11.8. The highest BCUT2D eigenvalue weighted by molar-refractivity contribution is 6.31. The summed E-state index contributed by atoms with van der Waals surface area (Å²) in [6.45, 7) is 8.88. The van der Waals surface area contributed by atoms with E-state index >= 15 is 0 Å². The fraction of sp³-hybridized carbons (Fsp3) is 0.391. The zero-order valence-corrected chi connectivity index (χ0v) is 18.7. The van der Waals surface area contributed by atoms with Crippen molar-refractivity contribution in [2.45, 2.75) is 27.7 Å². The highest BCUT2D eigenvalue weighted by atomic mass is 35.5. The third kappa shape index (κ3) is 5.97. The molecule has 0 saturated heterocycles. The average molecular weight is 436 g/mol. The van der Waals surface area contributed by atoms with Gasteiger partial charge < -0.3 is 10.1 Å². The van der Waals surface area contributed by atoms with Crippen LogP contribution in [0.3, 0.4) is 0 Å². The lowest BCUT2D eigenvalue weighted by atomic mass is 9.69. The third-order valence-electron chi connectivity index (χ3n) is 5.54. The maximum Gasteiger partial charge on any atom is 0.338 e. The van der Waals surface area contributed by atoms with Crippen molar-refractivity contribution in [1.29, 1.82) is 0 Å². The van der Waals surface area contributed by atoms with Crippen LogP contribution in [0.25, 0.3) is 0 Å². The van der Waals surface area contributed by atoms with E-state index in [9.17, 15) is 9.59 Å². The largest absolute Gasteiger partial charge is 0.461 e. The molecule has 4 nitrogen and oxygen atoms in total. The molecule has 156 valence electrons. The van der Waals surface area contributed by atoms with Gasteiger partial charge in [0.15, 0.2) is 0 Å². The van der Waals surface area contributed by atoms with Crippen molar-refractivity contribution >= 4 is 35.1 Å². The molecule has 0 aliphatic heterocycles. The van der Waals surface area contributed by atoms with E-state index in [0.29, 0.717) is 27.7 Å². The van der Waals surface area contributed by atoms with Crippen molar-refractivity contribution in [2.75, 3.05) is 13.2 Å². The van der Waals surface area contributed by atoms with Gasteiger partial charge in [-0.1, -0.05) is 50.9 Å². The highest BCUT2D eigenvalue weighted by Gasteiger charge is 2.39. The van der Waals surface area contributed by atoms with Crippen molar-refractivity contribution in [3.05, 3.63) is 69.7 Å². The molecule has 0 bridgehead atoms. The Hall–Kier alpha value is -2.04. The predicted octanol–water partition coefficient (Wildman–Crippen LogP) is 5.88. The van der Waals surface area contributed by atoms with Crippen LogP contribution >= 0.6 is 23.2 Å². The maximum absolute atomic E-state index is 12.6. The topological polar surface area (TPSA) is 55.4 Å². The van der Waals surface area contributed by atoms with Gasteiger partial charge in [0.2, 0.25) is 0 Å². The SMILES string of the molecule is CC(C)C(CNC(=O)c1ccc(Cl)cc1)(COC(=O)c1ccc(Cl)cc1)C(C)C. The Morgan fingerprint density at radius 3 is 1.76 bits per heavy atom. The second kappa shape index (κ2) is 10.1. The molecule has 29 heavy (non-hydrogen) atoms. The molecular formula is C23H27Cl2NO3. The number of hydrogen-bond acceptors (Lipinski definition) is 3. The summed E-state index contributed by atoms with van der Waals surface area (Å²) in [5.41, 5.74) is 0.569. The summed E-state index contributed by atoms with van der Waals surface area (Å²) in [7, 11) is 0. The van der Waals surface area contributed by atoms with Crippen LogP contribution in [-0.4, -0.2) is 25.0 Å². The van der Waals surface area contributed by atoms with Gasteiger partial charge in [0.05, 0.1) is 12.2 Å². The molecule has 2 aromatic rings. The second-order valence-corrected chi connectivity index (χ2v) is 8.69. The van der Waals surface area contributed by atoms with E-state index in [1.165, 1.54) is 0 Å². The van der Waals surface area contributed by atoms with E-state index in [2.05, 4.69) is 33.0 Å². The summed E-state index contributed by atoms with van der Waals surface area (Å²) in [6, 6.07) is 13.3. The predicted molar refractivity (Wildman–Crippen MR) is 118 cm³/mol. The lowest BCUT2D eigenvalue weighted by molar-refractivity contribution is -0.00435. The molecule has 1 N–H and O–H groups in total. The summed E-state index contributed by atoms with van der Waals surface area (Å²) in [5.74, 6) is -0.246. The van der Waals surface area contributed by atoms with E-state index in [1.807, 2.05) is 0 Å². The summed E-state index contributed by atoms with van der Waals surface area (Å²) in [5, 5.41) is 4.14. The monoisotopic (exact) mass is 435 g/mol. The van der Waals surface area contributed by atoms with Crippen molar-refractivity contribution in [3.63, 3.8) is 0 Å². The molecule has 0 unspecified atom stereocenters. The van der Waals surface area contributed by atoms with Crippen molar-refractivity contribution in [3.8, 4) is 0 Å². The van der Waals surface area contributed by atoms with Crippen LogP contribution < -0.4 is 5.32 Å². The number of carbonyl (C=O) groups excluding carboxylic acids is 2. The molecule has 6 heteroatoms. The minimum atomic E-state index is -0.413. The molecule has 2 aromatic carbocycles. The van der Waals surface area contributed by atoms with Crippen LogP contribution in [0.2, 0.25) is 10.0 Å². The quantitative estimate of drug-likeness (QED) is 0.526. The molecule has 0 atom stereocenters. The van der Waals surface area contributed by atoms with Crippen molar-refractivity contribution in [2.24, 2.45) is 17.3 Å². The van der Waals surface area contributed by atoms with Crippen LogP contribution in [0.5, 0.6) is 0 Å². The van der Waals surface area contributed by atoms with E-state index < -0.39 is 11.4 Å². The van der Waals surface area contributed by atoms with Crippen molar-refractivity contribution < 1.29 is 14.3 Å². The van der Waals surface area contributed by atoms with E-state index in [4.69, 9.17) is 27.9 Å². The third-order valence-corrected chi connectivity index (χ3v) is 6.04. The number of halogens is 2. The van der Waals surface area contributed by atoms with E-state index in [0.717, 1.165) is 0 Å². The first-order chi connectivity index (χ1) is 13.7. The molecule has 2 rings (SSSR count). The first kappa shape index (κ1) is 23.2. The van der Waals surface area contributed by atoms with Crippen LogP contribution in [0, 0.1) is 17.3 Å². The lowest BCUT2D eigenvalue weighted by Crippen LogP contribution is -2.48. The van der Waals surface area contributed by atoms with E-state index in [-0.39, 0.29) is 24.3 Å². The number of carbonyl (C=O) groups is 2. The highest BCUT2D eigenvalue weighted by Crippen LogP contribution is 2.36. The molecule has 0 aliphatic carbocycles. The Kier molecular flexibility index (Phi) is 8.12. The number of rotatable bonds is 8. The number of benzene rings is 2. The van der Waals surface area contributed by atoms with Gasteiger partial charge in [0.1, 0.15) is 0 Å². The van der Waals surface area contributed by atoms with Crippen LogP contribution in [0.15, 0.2) is 48.5 Å². The molecule has 0 fully saturated rings. The Balaban J connectivity index is 2.11. The Morgan fingerprint density at radius 1 is 0.862 bits per heavy atom. The summed E-state index contributed by atoms with van der Waals surface area (Å²) < 4.78 is 5.66. The number of esters is 1. The summed E-state index contributed by atoms with van der Waals surface area (Å²) in [4.78, 5) is 25.0. The van der Waals surface area contributed by atoms with Gasteiger partial charge in [0, 0.05) is 27.6 Å². The number of amides is 1. The average Bonchev–Trinajstić information content (AvgIpc) is 2.68. The van der Waals surface area contributed by atoms with Crippen molar-refractivity contribution in [1.82, 2.24) is 5.32 Å². The van der Waals surface area contributed by atoms with Gasteiger partial charge in [-0.15, -0.1) is 0 Å². The fourth-order valence-corrected chi connectivity index (χ4v) is 3.53. The fourth-order valence-electron chi connectivity index (χ4n) is 3.28. The van der Waals surface area contributed by atoms with Gasteiger partial charge in [0.25, 0.3) is 5.91 Å². The molecule has 0 aromatic heterocycles. The summed E-state index contributed by atoms with van der Waals surface area (Å²) in [6.07, 6.45) is 0. The van der Waals surface area contributed by atoms with Gasteiger partial charge in [-0.3, -0.25) is 4.79 Å². The van der Waals surface area contributed by atoms with Crippen LogP contribution in [0.1, 0.15) is 48.4 Å². The van der Waals surface area contributed by atoms with E-state index in [1.54, 1.807) is 48.5 Å². The Labute approximate surface area is 182 Å². The molecule has 1 amide bonds. The minimum absolute atomic E-state index is 0.172. The Bertz CT molecular complexity index is 759. The smallest absolute Gasteiger partial charge is 0.338 e. The van der Waals surface area contributed by atoms with Crippen LogP contribution in [-0.2, 0) is 4.74 Å². The first-order valence-corrected chi connectivity index (χ1v) is 10.4. The molecule has 0 radical (unpaired) electrons. The first-order valence-electron chi connectivity index (χ1n) is 9.62. The molecule has 0 heterocycles. The zero-order chi connectivity index (χ0) is 21.6. The second-order valence-electron chi connectivity index (χ2n) is 7.82. The molecule has 0 saturated carbocycles. The minimum Gasteiger partial charge on any atom is -0.461 e. The normalized spacial score (nSPS) is 11.6. The zero-order valence-electron chi connectivity index (χ0n) is 17.2. The maximum atomic E-state index is 12.6. The van der Waals surface area contributed by atoms with Gasteiger partial charge >= 0.3 is 5.97 Å². The number of nitrogens with one attached hydrogen (secondary N) is 1. The van der Waals surface area contributed by atoms with Gasteiger partial charge in [-0.25, -0.2) is 4.79 Å². The van der Waals surface area contributed by atoms with Gasteiger partial charge in [-0.05, 0) is 60.4 Å². The van der Waals surface area contributed by atoms with Crippen LogP contribution in [0.4, 0.5) is 0 Å². The Morgan fingerprint density at radius 2 is 1.31 bits per heavy atom. The molecule has 0 aliphatic rings. The number of ether oxygens (including phenoxy) is 1. The molecular weight excluding hydrogens is 409 g/mol. The standard InChI is InChI=1S/C23H27Cl2NO3/c1-15(2)23(16(3)4,13-26-21(27)17-5-9-19(24)10-6-17)14-29-22(28)18-7-11-20(25)12-8-18/h5-12,15-16H,13-14H2,1-4H3,(H,26,27). The lowest BCUT2D eigenvalue weighted by Gasteiger charge is -2.41. The number of hydrogen-bond donors (Lipinski definition) is 1. The van der Waals surface area contributed by atoms with Gasteiger partial charge in [-0.2, -0.15) is 0 Å².